The zero-order valence-corrected chi connectivity index (χ0v) is 21.1. The highest BCUT2D eigenvalue weighted by Gasteiger charge is 2.31. The van der Waals surface area contributed by atoms with Crippen LogP contribution in [0.3, 0.4) is 0 Å². The zero-order valence-electron chi connectivity index (χ0n) is 19.5. The first kappa shape index (κ1) is 24.4. The van der Waals surface area contributed by atoms with Crippen LogP contribution in [0.1, 0.15) is 31.2 Å². The Kier molecular flexibility index (Phi) is 7.39. The maximum absolute atomic E-state index is 13.4. The molecule has 3 N–H and O–H groups in total. The van der Waals surface area contributed by atoms with E-state index >= 15 is 0 Å². The van der Waals surface area contributed by atoms with Gasteiger partial charge in [0.25, 0.3) is 0 Å². The van der Waals surface area contributed by atoms with Gasteiger partial charge < -0.3 is 15.2 Å². The van der Waals surface area contributed by atoms with E-state index in [2.05, 4.69) is 16.6 Å². The molecule has 1 saturated heterocycles. The Bertz CT molecular complexity index is 1230. The molecule has 0 spiro atoms. The van der Waals surface area contributed by atoms with Gasteiger partial charge in [-0.25, -0.2) is 13.4 Å². The molecule has 4 rings (SSSR count). The van der Waals surface area contributed by atoms with Crippen molar-refractivity contribution in [2.45, 2.75) is 50.6 Å². The van der Waals surface area contributed by atoms with Crippen molar-refractivity contribution in [3.63, 3.8) is 0 Å². The Balaban J connectivity index is 1.52. The maximum Gasteiger partial charge on any atom is 0.241 e. The first-order valence-corrected chi connectivity index (χ1v) is 13.8. The average Bonchev–Trinajstić information content (AvgIpc) is 3.44. The van der Waals surface area contributed by atoms with Gasteiger partial charge in [0.15, 0.2) is 0 Å². The fraction of sp³-hybridized carbons (Fsp3) is 0.417. The van der Waals surface area contributed by atoms with Crippen molar-refractivity contribution < 1.29 is 13.2 Å². The molecule has 1 aliphatic heterocycles. The molecule has 1 unspecified atom stereocenters. The third kappa shape index (κ3) is 5.68. The molecule has 1 fully saturated rings. The number of aromatic nitrogens is 2. The third-order valence-corrected chi connectivity index (χ3v) is 8.55. The monoisotopic (exact) mass is 501 g/mol. The van der Waals surface area contributed by atoms with Crippen molar-refractivity contribution in [1.29, 1.82) is 0 Å². The molecule has 34 heavy (non-hydrogen) atoms. The molecule has 1 atom stereocenters. The van der Waals surface area contributed by atoms with Crippen LogP contribution >= 0.6 is 11.3 Å². The molecule has 0 saturated carbocycles. The number of hydrogen-bond acceptors (Lipinski definition) is 6. The number of benzene rings is 1. The quantitative estimate of drug-likeness (QED) is 0.491. The van der Waals surface area contributed by atoms with Crippen molar-refractivity contribution in [2.24, 2.45) is 5.92 Å². The number of hydrogen-bond donors (Lipinski definition) is 2. The van der Waals surface area contributed by atoms with E-state index in [0.29, 0.717) is 37.8 Å². The SMILES string of the molecule is Cc1nc(-c2ccc(S(=O)(=O)NC(CCn3cccc3N)C(=O)N3CCC(C)CC3)cc2)cs1. The molecule has 0 aliphatic carbocycles. The van der Waals surface area contributed by atoms with E-state index in [1.165, 1.54) is 0 Å². The van der Waals surface area contributed by atoms with Crippen LogP contribution in [0.4, 0.5) is 5.82 Å². The number of carbonyl (C=O) groups is 1. The van der Waals surface area contributed by atoms with Gasteiger partial charge in [0, 0.05) is 36.8 Å². The lowest BCUT2D eigenvalue weighted by molar-refractivity contribution is -0.134. The minimum atomic E-state index is -3.90. The van der Waals surface area contributed by atoms with Gasteiger partial charge in [-0.1, -0.05) is 19.1 Å². The molecule has 1 aliphatic rings. The third-order valence-electron chi connectivity index (χ3n) is 6.29. The van der Waals surface area contributed by atoms with Gasteiger partial charge in [0.2, 0.25) is 15.9 Å². The van der Waals surface area contributed by atoms with Crippen LogP contribution < -0.4 is 10.5 Å². The van der Waals surface area contributed by atoms with E-state index in [-0.39, 0.29) is 10.8 Å². The summed E-state index contributed by atoms with van der Waals surface area (Å²) in [7, 11) is -3.90. The number of nitrogens with two attached hydrogens (primary N) is 1. The molecular weight excluding hydrogens is 470 g/mol. The molecule has 182 valence electrons. The van der Waals surface area contributed by atoms with Gasteiger partial charge >= 0.3 is 0 Å². The number of thiazole rings is 1. The standard InChI is InChI=1S/C24H31N5O3S2/c1-17-9-13-29(14-10-17)24(30)21(11-15-28-12-3-4-23(28)25)27-34(31,32)20-7-5-19(6-8-20)22-16-33-18(2)26-22/h3-8,12,16-17,21,27H,9-11,13-15,25H2,1-2H3. The summed E-state index contributed by atoms with van der Waals surface area (Å²) in [5.74, 6) is 0.961. The van der Waals surface area contributed by atoms with Gasteiger partial charge in [-0.3, -0.25) is 4.79 Å². The van der Waals surface area contributed by atoms with Crippen LogP contribution in [0.5, 0.6) is 0 Å². The van der Waals surface area contributed by atoms with E-state index in [1.54, 1.807) is 46.6 Å². The highest BCUT2D eigenvalue weighted by Crippen LogP contribution is 2.24. The first-order chi connectivity index (χ1) is 16.2. The molecule has 3 aromatic rings. The number of amides is 1. The van der Waals surface area contributed by atoms with Crippen molar-refractivity contribution in [3.05, 3.63) is 53.0 Å². The predicted molar refractivity (Wildman–Crippen MR) is 135 cm³/mol. The summed E-state index contributed by atoms with van der Waals surface area (Å²) < 4.78 is 31.0. The number of carbonyl (C=O) groups excluding carboxylic acids is 1. The highest BCUT2D eigenvalue weighted by atomic mass is 32.2. The molecule has 10 heteroatoms. The number of piperidine rings is 1. The maximum atomic E-state index is 13.4. The van der Waals surface area contributed by atoms with E-state index in [1.807, 2.05) is 29.1 Å². The Morgan fingerprint density at radius 1 is 1.24 bits per heavy atom. The van der Waals surface area contributed by atoms with Gasteiger partial charge in [0.05, 0.1) is 15.6 Å². The number of nitrogens with one attached hydrogen (secondary N) is 1. The van der Waals surface area contributed by atoms with Crippen LogP contribution in [0.15, 0.2) is 52.9 Å². The average molecular weight is 502 g/mol. The van der Waals surface area contributed by atoms with Crippen LogP contribution in [0, 0.1) is 12.8 Å². The van der Waals surface area contributed by atoms with Crippen molar-refractivity contribution in [2.75, 3.05) is 18.8 Å². The van der Waals surface area contributed by atoms with E-state index < -0.39 is 16.1 Å². The summed E-state index contributed by atoms with van der Waals surface area (Å²) in [5.41, 5.74) is 7.63. The largest absolute Gasteiger partial charge is 0.385 e. The molecule has 1 amide bonds. The Morgan fingerprint density at radius 3 is 2.53 bits per heavy atom. The highest BCUT2D eigenvalue weighted by molar-refractivity contribution is 7.89. The van der Waals surface area contributed by atoms with Gasteiger partial charge in [0.1, 0.15) is 11.9 Å². The smallest absolute Gasteiger partial charge is 0.241 e. The second-order valence-corrected chi connectivity index (χ2v) is 11.6. The van der Waals surface area contributed by atoms with Crippen LogP contribution in [-0.4, -0.2) is 47.9 Å². The minimum Gasteiger partial charge on any atom is -0.385 e. The number of aryl methyl sites for hydroxylation is 2. The lowest BCUT2D eigenvalue weighted by Crippen LogP contribution is -2.50. The number of sulfonamides is 1. The number of anilines is 1. The summed E-state index contributed by atoms with van der Waals surface area (Å²) in [4.78, 5) is 19.7. The van der Waals surface area contributed by atoms with Crippen molar-refractivity contribution in [1.82, 2.24) is 19.2 Å². The Hall–Kier alpha value is -2.69. The Morgan fingerprint density at radius 2 is 1.94 bits per heavy atom. The van der Waals surface area contributed by atoms with Crippen LogP contribution in [-0.2, 0) is 21.4 Å². The fourth-order valence-electron chi connectivity index (χ4n) is 4.14. The predicted octanol–water partition coefficient (Wildman–Crippen LogP) is 3.50. The summed E-state index contributed by atoms with van der Waals surface area (Å²) in [5, 5.41) is 2.89. The minimum absolute atomic E-state index is 0.119. The lowest BCUT2D eigenvalue weighted by atomic mass is 9.98. The van der Waals surface area contributed by atoms with Crippen molar-refractivity contribution in [3.8, 4) is 11.3 Å². The van der Waals surface area contributed by atoms with Crippen molar-refractivity contribution >= 4 is 33.1 Å². The van der Waals surface area contributed by atoms with Gasteiger partial charge in [-0.15, -0.1) is 11.3 Å². The number of rotatable bonds is 8. The topological polar surface area (TPSA) is 110 Å². The van der Waals surface area contributed by atoms with Gasteiger partial charge in [-0.05, 0) is 56.4 Å². The van der Waals surface area contributed by atoms with Crippen LogP contribution in [0.2, 0.25) is 0 Å². The molecule has 3 heterocycles. The summed E-state index contributed by atoms with van der Waals surface area (Å²) >= 11 is 1.54. The number of nitrogens with zero attached hydrogens (tertiary/aromatic N) is 3. The molecule has 0 radical (unpaired) electrons. The van der Waals surface area contributed by atoms with E-state index in [4.69, 9.17) is 5.73 Å². The number of nitrogen functional groups attached to an aromatic ring is 1. The summed E-state index contributed by atoms with van der Waals surface area (Å²) in [6, 6.07) is 9.33. The van der Waals surface area contributed by atoms with Crippen LogP contribution in [0.25, 0.3) is 11.3 Å². The molecule has 1 aromatic carbocycles. The fourth-order valence-corrected chi connectivity index (χ4v) is 5.98. The second kappa shape index (κ2) is 10.3. The molecule has 0 bridgehead atoms. The number of likely N-dealkylation sites (tertiary alicyclic amines) is 1. The zero-order chi connectivity index (χ0) is 24.3. The summed E-state index contributed by atoms with van der Waals surface area (Å²) in [6.45, 7) is 5.83. The first-order valence-electron chi connectivity index (χ1n) is 11.5. The second-order valence-electron chi connectivity index (χ2n) is 8.87. The lowest BCUT2D eigenvalue weighted by Gasteiger charge is -2.33. The Labute approximate surface area is 204 Å². The van der Waals surface area contributed by atoms with E-state index in [0.717, 1.165) is 29.1 Å². The molecule has 8 nitrogen and oxygen atoms in total. The molecule has 2 aromatic heterocycles. The van der Waals surface area contributed by atoms with Gasteiger partial charge in [-0.2, -0.15) is 4.72 Å². The normalized spacial score (nSPS) is 16.0. The molecular formula is C24H31N5O3S2. The van der Waals surface area contributed by atoms with E-state index in [9.17, 15) is 13.2 Å². The summed E-state index contributed by atoms with van der Waals surface area (Å²) in [6.07, 6.45) is 3.98.